The second kappa shape index (κ2) is 9.75. The van der Waals surface area contributed by atoms with Gasteiger partial charge in [0.05, 0.1) is 19.8 Å². The predicted molar refractivity (Wildman–Crippen MR) is 89.5 cm³/mol. The van der Waals surface area contributed by atoms with E-state index in [2.05, 4.69) is 13.8 Å². The van der Waals surface area contributed by atoms with E-state index in [-0.39, 0.29) is 0 Å². The minimum absolute atomic E-state index is 0.340. The molecule has 2 rings (SSSR count). The highest BCUT2D eigenvalue weighted by atomic mass is 16.5. The molecule has 5 nitrogen and oxygen atoms in total. The van der Waals surface area contributed by atoms with Gasteiger partial charge in [0, 0.05) is 0 Å². The van der Waals surface area contributed by atoms with Gasteiger partial charge in [0.2, 0.25) is 0 Å². The van der Waals surface area contributed by atoms with Crippen LogP contribution in [0.1, 0.15) is 20.8 Å². The van der Waals surface area contributed by atoms with Crippen LogP contribution in [0.2, 0.25) is 0 Å². The van der Waals surface area contributed by atoms with Crippen LogP contribution in [-0.4, -0.2) is 58.3 Å². The van der Waals surface area contributed by atoms with Gasteiger partial charge in [-0.1, -0.05) is 12.1 Å². The molecule has 1 aliphatic heterocycles. The normalized spacial score (nSPS) is 24.4. The fourth-order valence-electron chi connectivity index (χ4n) is 2.97. The van der Waals surface area contributed by atoms with Gasteiger partial charge in [-0.05, 0) is 32.9 Å². The Hall–Kier alpha value is -1.30. The predicted octanol–water partition coefficient (Wildman–Crippen LogP) is 1.17. The number of hydrogen-bond acceptors (Lipinski definition) is 4. The zero-order valence-electron chi connectivity index (χ0n) is 14.5. The fraction of sp³-hybridized carbons (Fsp3) is 0.667. The summed E-state index contributed by atoms with van der Waals surface area (Å²) in [5.74, 6) is 1.56. The SMILES string of the molecule is CCOc1ccccc1OCCOCC[NH+]1C[C@@H](C)O[C@@H](C)C1. The van der Waals surface area contributed by atoms with E-state index in [1.54, 1.807) is 4.90 Å². The number of morpholine rings is 1. The third kappa shape index (κ3) is 6.37. The van der Waals surface area contributed by atoms with Gasteiger partial charge in [-0.25, -0.2) is 0 Å². The van der Waals surface area contributed by atoms with Gasteiger partial charge >= 0.3 is 0 Å². The standard InChI is InChI=1S/C18H29NO4/c1-4-21-17-7-5-6-8-18(17)22-12-11-20-10-9-19-13-15(2)23-16(3)14-19/h5-8,15-16H,4,9-14H2,1-3H3/p+1/t15-,16+. The number of rotatable bonds is 9. The Balaban J connectivity index is 1.59. The van der Waals surface area contributed by atoms with Crippen LogP contribution < -0.4 is 14.4 Å². The number of nitrogens with one attached hydrogen (secondary N) is 1. The van der Waals surface area contributed by atoms with E-state index in [1.165, 1.54) is 0 Å². The van der Waals surface area contributed by atoms with Crippen molar-refractivity contribution in [2.75, 3.05) is 46.1 Å². The van der Waals surface area contributed by atoms with Crippen LogP contribution >= 0.6 is 0 Å². The molecule has 0 radical (unpaired) electrons. The molecule has 1 aliphatic rings. The summed E-state index contributed by atoms with van der Waals surface area (Å²) in [4.78, 5) is 1.55. The number of hydrogen-bond donors (Lipinski definition) is 1. The Kier molecular flexibility index (Phi) is 7.65. The molecule has 1 aromatic carbocycles. The molecule has 0 bridgehead atoms. The first-order valence-corrected chi connectivity index (χ1v) is 8.60. The first kappa shape index (κ1) is 18.0. The lowest BCUT2D eigenvalue weighted by Crippen LogP contribution is -3.15. The van der Waals surface area contributed by atoms with Crippen LogP contribution in [0.3, 0.4) is 0 Å². The highest BCUT2D eigenvalue weighted by molar-refractivity contribution is 5.39. The Bertz CT molecular complexity index is 444. The van der Waals surface area contributed by atoms with E-state index >= 15 is 0 Å². The molecule has 0 aromatic heterocycles. The van der Waals surface area contributed by atoms with Crippen LogP contribution in [-0.2, 0) is 9.47 Å². The lowest BCUT2D eigenvalue weighted by Gasteiger charge is -2.32. The van der Waals surface area contributed by atoms with Crippen molar-refractivity contribution in [3.8, 4) is 11.5 Å². The molecule has 1 fully saturated rings. The molecule has 0 spiro atoms. The maximum Gasteiger partial charge on any atom is 0.161 e. The molecule has 1 N–H and O–H groups in total. The zero-order chi connectivity index (χ0) is 16.5. The van der Waals surface area contributed by atoms with Gasteiger partial charge in [0.15, 0.2) is 11.5 Å². The largest absolute Gasteiger partial charge is 0.490 e. The first-order chi connectivity index (χ1) is 11.2. The molecule has 1 heterocycles. The fourth-order valence-corrected chi connectivity index (χ4v) is 2.97. The minimum Gasteiger partial charge on any atom is -0.490 e. The van der Waals surface area contributed by atoms with Crippen LogP contribution in [0.4, 0.5) is 0 Å². The van der Waals surface area contributed by atoms with E-state index < -0.39 is 0 Å². The second-order valence-electron chi connectivity index (χ2n) is 6.01. The maximum absolute atomic E-state index is 5.75. The molecule has 1 saturated heterocycles. The quantitative estimate of drug-likeness (QED) is 0.693. The average molecular weight is 324 g/mol. The summed E-state index contributed by atoms with van der Waals surface area (Å²) in [7, 11) is 0. The summed E-state index contributed by atoms with van der Waals surface area (Å²) < 4.78 is 22.7. The van der Waals surface area contributed by atoms with Crippen LogP contribution in [0, 0.1) is 0 Å². The average Bonchev–Trinajstić information content (AvgIpc) is 2.51. The van der Waals surface area contributed by atoms with Crippen molar-refractivity contribution in [3.63, 3.8) is 0 Å². The summed E-state index contributed by atoms with van der Waals surface area (Å²) in [5.41, 5.74) is 0. The molecule has 5 heteroatoms. The van der Waals surface area contributed by atoms with E-state index in [0.717, 1.165) is 37.7 Å². The Morgan fingerprint density at radius 1 is 1.00 bits per heavy atom. The van der Waals surface area contributed by atoms with Crippen molar-refractivity contribution in [1.82, 2.24) is 0 Å². The molecule has 0 saturated carbocycles. The van der Waals surface area contributed by atoms with Gasteiger partial charge in [-0.2, -0.15) is 0 Å². The van der Waals surface area contributed by atoms with Gasteiger partial charge in [0.25, 0.3) is 0 Å². The number of ether oxygens (including phenoxy) is 4. The van der Waals surface area contributed by atoms with Crippen molar-refractivity contribution in [2.24, 2.45) is 0 Å². The second-order valence-corrected chi connectivity index (χ2v) is 6.01. The van der Waals surface area contributed by atoms with Gasteiger partial charge < -0.3 is 23.8 Å². The van der Waals surface area contributed by atoms with E-state index in [4.69, 9.17) is 18.9 Å². The molecule has 23 heavy (non-hydrogen) atoms. The molecule has 3 atom stereocenters. The Morgan fingerprint density at radius 3 is 2.30 bits per heavy atom. The van der Waals surface area contributed by atoms with E-state index in [9.17, 15) is 0 Å². The monoisotopic (exact) mass is 324 g/mol. The molecule has 130 valence electrons. The highest BCUT2D eigenvalue weighted by Crippen LogP contribution is 2.26. The smallest absolute Gasteiger partial charge is 0.161 e. The van der Waals surface area contributed by atoms with Crippen molar-refractivity contribution in [3.05, 3.63) is 24.3 Å². The number of para-hydroxylation sites is 2. The van der Waals surface area contributed by atoms with Gasteiger partial charge in [0.1, 0.15) is 38.4 Å². The van der Waals surface area contributed by atoms with Gasteiger partial charge in [-0.15, -0.1) is 0 Å². The topological polar surface area (TPSA) is 41.4 Å². The Morgan fingerprint density at radius 2 is 1.65 bits per heavy atom. The lowest BCUT2D eigenvalue weighted by molar-refractivity contribution is -0.915. The van der Waals surface area contributed by atoms with E-state index in [0.29, 0.717) is 32.0 Å². The molecular weight excluding hydrogens is 294 g/mol. The van der Waals surface area contributed by atoms with Crippen molar-refractivity contribution in [2.45, 2.75) is 33.0 Å². The maximum atomic E-state index is 5.75. The van der Waals surface area contributed by atoms with Crippen LogP contribution in [0.25, 0.3) is 0 Å². The summed E-state index contributed by atoms with van der Waals surface area (Å²) in [6.45, 7) is 11.9. The Labute approximate surface area is 139 Å². The molecule has 1 aromatic rings. The minimum atomic E-state index is 0.340. The molecule has 0 amide bonds. The number of benzene rings is 1. The van der Waals surface area contributed by atoms with E-state index in [1.807, 2.05) is 31.2 Å². The molecular formula is C18H30NO4+. The first-order valence-electron chi connectivity index (χ1n) is 8.60. The van der Waals surface area contributed by atoms with Crippen LogP contribution in [0.5, 0.6) is 11.5 Å². The molecule has 1 unspecified atom stereocenters. The van der Waals surface area contributed by atoms with Crippen LogP contribution in [0.15, 0.2) is 24.3 Å². The van der Waals surface area contributed by atoms with Crippen molar-refractivity contribution < 1.29 is 23.8 Å². The summed E-state index contributed by atoms with van der Waals surface area (Å²) in [5, 5.41) is 0. The van der Waals surface area contributed by atoms with Crippen molar-refractivity contribution in [1.29, 1.82) is 0 Å². The molecule has 0 aliphatic carbocycles. The summed E-state index contributed by atoms with van der Waals surface area (Å²) >= 11 is 0. The third-order valence-electron chi connectivity index (χ3n) is 3.85. The third-order valence-corrected chi connectivity index (χ3v) is 3.85. The van der Waals surface area contributed by atoms with Gasteiger partial charge in [-0.3, -0.25) is 0 Å². The number of quaternary nitrogens is 1. The zero-order valence-corrected chi connectivity index (χ0v) is 14.5. The lowest BCUT2D eigenvalue weighted by atomic mass is 10.2. The summed E-state index contributed by atoms with van der Waals surface area (Å²) in [6, 6.07) is 7.74. The van der Waals surface area contributed by atoms with Crippen molar-refractivity contribution >= 4 is 0 Å². The summed E-state index contributed by atoms with van der Waals surface area (Å²) in [6.07, 6.45) is 0.680. The highest BCUT2D eigenvalue weighted by Gasteiger charge is 2.24.